The highest BCUT2D eigenvalue weighted by Gasteiger charge is 2.29. The van der Waals surface area contributed by atoms with Gasteiger partial charge in [0.25, 0.3) is 0 Å². The molecule has 2 aromatic carbocycles. The van der Waals surface area contributed by atoms with Crippen molar-refractivity contribution < 1.29 is 56.7 Å². The van der Waals surface area contributed by atoms with Crippen molar-refractivity contribution in [1.82, 2.24) is 0 Å². The van der Waals surface area contributed by atoms with Crippen LogP contribution in [-0.4, -0.2) is 67.6 Å². The van der Waals surface area contributed by atoms with Gasteiger partial charge in [0.15, 0.2) is 17.3 Å². The number of methoxy groups -OCH3 is 2. The van der Waals surface area contributed by atoms with E-state index >= 15 is 0 Å². The molecule has 0 spiro atoms. The fraction of sp³-hybridized carbons (Fsp3) is 0.375. The van der Waals surface area contributed by atoms with Gasteiger partial charge in [0, 0.05) is 23.7 Å². The molecule has 0 saturated heterocycles. The third-order valence-corrected chi connectivity index (χ3v) is 4.93. The first kappa shape index (κ1) is 29.2. The third kappa shape index (κ3) is 8.56. The highest BCUT2D eigenvalue weighted by atomic mass is 19.4. The number of aliphatic hydroxyl groups is 1. The molecule has 3 N–H and O–H groups in total. The Morgan fingerprint density at radius 3 is 2.19 bits per heavy atom. The Bertz CT molecular complexity index is 1140. The second-order valence-electron chi connectivity index (χ2n) is 7.70. The van der Waals surface area contributed by atoms with E-state index in [9.17, 15) is 37.8 Å². The maximum absolute atomic E-state index is 12.7. The van der Waals surface area contributed by atoms with E-state index in [2.05, 4.69) is 10.1 Å². The zero-order chi connectivity index (χ0) is 27.8. The molecule has 0 bridgehead atoms. The van der Waals surface area contributed by atoms with Crippen LogP contribution in [0.3, 0.4) is 0 Å². The highest BCUT2D eigenvalue weighted by molar-refractivity contribution is 6.37. The summed E-state index contributed by atoms with van der Waals surface area (Å²) in [6, 6.07) is 6.66. The average molecular weight is 529 g/mol. The van der Waals surface area contributed by atoms with E-state index in [-0.39, 0.29) is 40.7 Å². The fourth-order valence-corrected chi connectivity index (χ4v) is 3.10. The summed E-state index contributed by atoms with van der Waals surface area (Å²) < 4.78 is 58.7. The number of nitrogens with one attached hydrogen (secondary N) is 1. The monoisotopic (exact) mass is 529 g/mol. The number of aromatic hydroxyl groups is 1. The van der Waals surface area contributed by atoms with Crippen LogP contribution in [0.15, 0.2) is 30.3 Å². The predicted molar refractivity (Wildman–Crippen MR) is 123 cm³/mol. The number of halogens is 3. The molecular weight excluding hydrogens is 503 g/mol. The first-order valence-electron chi connectivity index (χ1n) is 10.8. The molecule has 202 valence electrons. The minimum Gasteiger partial charge on any atom is -0.507 e. The largest absolute Gasteiger partial charge is 0.507 e. The molecule has 1 amide bonds. The Hall–Kier alpha value is -4.00. The summed E-state index contributed by atoms with van der Waals surface area (Å²) in [5.74, 6) is -3.01. The molecule has 0 saturated carbocycles. The van der Waals surface area contributed by atoms with Crippen LogP contribution in [0.5, 0.6) is 23.0 Å². The molecule has 2 aromatic rings. The Labute approximate surface area is 209 Å². The van der Waals surface area contributed by atoms with Gasteiger partial charge in [-0.3, -0.25) is 9.59 Å². The van der Waals surface area contributed by atoms with Gasteiger partial charge in [-0.2, -0.15) is 13.2 Å². The highest BCUT2D eigenvalue weighted by Crippen LogP contribution is 2.35. The standard InChI is InChI=1S/C24H26F3NO9/c1-13(29)16-5-7-18(17(21(16)31)8-9-24(25,26)27)36-11-15(30)12-37-19-6-4-14(10-20(19)34-2)28-22(32)23(33)35-3/h4-7,10,15,30-31H,8-9,11-12H2,1-3H3,(H,28,32). The number of carbonyl (C=O) groups is 3. The smallest absolute Gasteiger partial charge is 0.396 e. The zero-order valence-electron chi connectivity index (χ0n) is 20.2. The van der Waals surface area contributed by atoms with Crippen LogP contribution in [0.4, 0.5) is 18.9 Å². The van der Waals surface area contributed by atoms with Crippen LogP contribution in [-0.2, 0) is 20.7 Å². The molecule has 0 aromatic heterocycles. The minimum atomic E-state index is -4.50. The Balaban J connectivity index is 2.05. The number of aliphatic hydroxyl groups excluding tert-OH is 1. The molecule has 0 fully saturated rings. The van der Waals surface area contributed by atoms with E-state index in [4.69, 9.17) is 14.2 Å². The van der Waals surface area contributed by atoms with Gasteiger partial charge in [0.1, 0.15) is 30.8 Å². The van der Waals surface area contributed by atoms with Gasteiger partial charge in [-0.15, -0.1) is 0 Å². The van der Waals surface area contributed by atoms with Crippen molar-refractivity contribution in [3.05, 3.63) is 41.5 Å². The van der Waals surface area contributed by atoms with Gasteiger partial charge in [-0.25, -0.2) is 4.79 Å². The van der Waals surface area contributed by atoms with Crippen molar-refractivity contribution in [3.8, 4) is 23.0 Å². The summed E-state index contributed by atoms with van der Waals surface area (Å²) in [6.07, 6.45) is -7.64. The van der Waals surface area contributed by atoms with Crippen molar-refractivity contribution in [3.63, 3.8) is 0 Å². The number of amides is 1. The van der Waals surface area contributed by atoms with Crippen molar-refractivity contribution in [1.29, 1.82) is 0 Å². The molecule has 10 nitrogen and oxygen atoms in total. The Kier molecular flexibility index (Phi) is 10.1. The minimum absolute atomic E-state index is 0.117. The van der Waals surface area contributed by atoms with Crippen LogP contribution in [0.2, 0.25) is 0 Å². The lowest BCUT2D eigenvalue weighted by Crippen LogP contribution is -2.25. The number of benzene rings is 2. The molecular formula is C24H26F3NO9. The summed E-state index contributed by atoms with van der Waals surface area (Å²) in [4.78, 5) is 34.5. The Morgan fingerprint density at radius 1 is 1.00 bits per heavy atom. The van der Waals surface area contributed by atoms with Crippen molar-refractivity contribution in [2.45, 2.75) is 32.0 Å². The molecule has 0 aliphatic rings. The molecule has 2 rings (SSSR count). The third-order valence-electron chi connectivity index (χ3n) is 4.93. The number of phenols is 1. The molecule has 0 aliphatic carbocycles. The maximum Gasteiger partial charge on any atom is 0.396 e. The lowest BCUT2D eigenvalue weighted by molar-refractivity contribution is -0.150. The summed E-state index contributed by atoms with van der Waals surface area (Å²) in [5.41, 5.74) is -0.139. The van der Waals surface area contributed by atoms with Crippen molar-refractivity contribution in [2.75, 3.05) is 32.8 Å². The lowest BCUT2D eigenvalue weighted by atomic mass is 10.0. The number of ketones is 1. The van der Waals surface area contributed by atoms with E-state index < -0.39 is 55.1 Å². The van der Waals surface area contributed by atoms with Gasteiger partial charge in [0.2, 0.25) is 0 Å². The van der Waals surface area contributed by atoms with Crippen LogP contribution in [0.25, 0.3) is 0 Å². The first-order chi connectivity index (χ1) is 17.4. The normalized spacial score (nSPS) is 11.9. The molecule has 13 heteroatoms. The second-order valence-corrected chi connectivity index (χ2v) is 7.70. The summed E-state index contributed by atoms with van der Waals surface area (Å²) >= 11 is 0. The maximum atomic E-state index is 12.7. The average Bonchev–Trinajstić information content (AvgIpc) is 2.84. The topological polar surface area (TPSA) is 141 Å². The van der Waals surface area contributed by atoms with Gasteiger partial charge in [-0.05, 0) is 37.6 Å². The second kappa shape index (κ2) is 12.8. The van der Waals surface area contributed by atoms with E-state index in [1.165, 1.54) is 37.4 Å². The van der Waals surface area contributed by atoms with E-state index in [1.807, 2.05) is 0 Å². The molecule has 1 atom stereocenters. The van der Waals surface area contributed by atoms with E-state index in [0.29, 0.717) is 0 Å². The van der Waals surface area contributed by atoms with E-state index in [0.717, 1.165) is 14.0 Å². The zero-order valence-corrected chi connectivity index (χ0v) is 20.2. The number of phenolic OH excluding ortho intramolecular Hbond substituents is 1. The van der Waals surface area contributed by atoms with Gasteiger partial charge in [0.05, 0.1) is 19.8 Å². The summed E-state index contributed by atoms with van der Waals surface area (Å²) in [6.45, 7) is 0.436. The van der Waals surface area contributed by atoms with Crippen LogP contribution in [0, 0.1) is 0 Å². The summed E-state index contributed by atoms with van der Waals surface area (Å²) in [7, 11) is 2.38. The number of hydrogen-bond acceptors (Lipinski definition) is 9. The van der Waals surface area contributed by atoms with Gasteiger partial charge >= 0.3 is 18.1 Å². The number of esters is 1. The van der Waals surface area contributed by atoms with Crippen LogP contribution < -0.4 is 19.5 Å². The molecule has 0 aliphatic heterocycles. The molecule has 0 heterocycles. The van der Waals surface area contributed by atoms with Crippen LogP contribution >= 0.6 is 0 Å². The summed E-state index contributed by atoms with van der Waals surface area (Å²) in [5, 5.41) is 22.9. The Morgan fingerprint density at radius 2 is 1.62 bits per heavy atom. The lowest BCUT2D eigenvalue weighted by Gasteiger charge is -2.18. The van der Waals surface area contributed by atoms with Crippen LogP contribution in [0.1, 0.15) is 29.3 Å². The van der Waals surface area contributed by atoms with Crippen molar-refractivity contribution >= 4 is 23.3 Å². The van der Waals surface area contributed by atoms with Gasteiger partial charge in [-0.1, -0.05) is 0 Å². The van der Waals surface area contributed by atoms with Gasteiger partial charge < -0.3 is 34.5 Å². The number of alkyl halides is 3. The number of anilines is 1. The number of carbonyl (C=O) groups excluding carboxylic acids is 3. The molecule has 37 heavy (non-hydrogen) atoms. The quantitative estimate of drug-likeness (QED) is 0.228. The number of hydrogen-bond donors (Lipinski definition) is 3. The predicted octanol–water partition coefficient (Wildman–Crippen LogP) is 3.03. The number of Topliss-reactive ketones (excluding diaryl/α,β-unsaturated/α-hetero) is 1. The SMILES string of the molecule is COC(=O)C(=O)Nc1ccc(OCC(O)COc2ccc(C(C)=O)c(O)c2CCC(F)(F)F)c(OC)c1. The number of ether oxygens (including phenoxy) is 4. The number of rotatable bonds is 11. The fourth-order valence-electron chi connectivity index (χ4n) is 3.10. The first-order valence-corrected chi connectivity index (χ1v) is 10.8. The van der Waals surface area contributed by atoms with Crippen molar-refractivity contribution in [2.24, 2.45) is 0 Å². The molecule has 0 radical (unpaired) electrons. The van der Waals surface area contributed by atoms with E-state index in [1.54, 1.807) is 0 Å². The molecule has 1 unspecified atom stereocenters.